The molecule has 0 aromatic heterocycles. The van der Waals surface area contributed by atoms with Gasteiger partial charge in [-0.2, -0.15) is 0 Å². The van der Waals surface area contributed by atoms with Crippen LogP contribution in [-0.4, -0.2) is 29.5 Å². The van der Waals surface area contributed by atoms with Gasteiger partial charge in [-0.15, -0.1) is 0 Å². The van der Waals surface area contributed by atoms with Crippen LogP contribution in [0.2, 0.25) is 10.0 Å². The SMILES string of the molecule is CC(C)(C)c1ccc(N2C(=O)/C(=C\c3cc(Cl)c(OCC(=O)[O-])c(Cl)c3)C(=O)NC2=S)cc1. The molecule has 7 nitrogen and oxygen atoms in total. The van der Waals surface area contributed by atoms with Crippen molar-refractivity contribution in [2.24, 2.45) is 0 Å². The Morgan fingerprint density at radius 1 is 1.15 bits per heavy atom. The van der Waals surface area contributed by atoms with Crippen LogP contribution >= 0.6 is 35.4 Å². The Hall–Kier alpha value is -2.94. The number of aliphatic carboxylic acids is 1. The van der Waals surface area contributed by atoms with E-state index in [1.54, 1.807) is 12.1 Å². The van der Waals surface area contributed by atoms with Crippen LogP contribution < -0.4 is 20.1 Å². The molecule has 1 fully saturated rings. The first-order valence-electron chi connectivity index (χ1n) is 9.72. The number of hydrogen-bond donors (Lipinski definition) is 1. The normalized spacial score (nSPS) is 15.6. The quantitative estimate of drug-likeness (QED) is 0.380. The lowest BCUT2D eigenvalue weighted by Crippen LogP contribution is -2.54. The van der Waals surface area contributed by atoms with Crippen LogP contribution in [0.25, 0.3) is 6.08 Å². The molecule has 0 atom stereocenters. The number of benzene rings is 2. The summed E-state index contributed by atoms with van der Waals surface area (Å²) in [5.74, 6) is -2.77. The smallest absolute Gasteiger partial charge is 0.270 e. The number of amides is 2. The Labute approximate surface area is 205 Å². The summed E-state index contributed by atoms with van der Waals surface area (Å²) in [6, 6.07) is 10.1. The fourth-order valence-electron chi connectivity index (χ4n) is 3.10. The molecule has 1 N–H and O–H groups in total. The van der Waals surface area contributed by atoms with Gasteiger partial charge < -0.3 is 14.6 Å². The third kappa shape index (κ3) is 5.52. The van der Waals surface area contributed by atoms with E-state index >= 15 is 0 Å². The summed E-state index contributed by atoms with van der Waals surface area (Å²) < 4.78 is 5.02. The van der Waals surface area contributed by atoms with Gasteiger partial charge in [-0.05, 0) is 59.1 Å². The second-order valence-electron chi connectivity index (χ2n) is 8.23. The number of nitrogens with one attached hydrogen (secondary N) is 1. The van der Waals surface area contributed by atoms with Crippen molar-refractivity contribution in [1.82, 2.24) is 5.32 Å². The van der Waals surface area contributed by atoms with E-state index in [-0.39, 0.29) is 31.9 Å². The second-order valence-corrected chi connectivity index (χ2v) is 9.43. The van der Waals surface area contributed by atoms with Crippen molar-refractivity contribution in [2.45, 2.75) is 26.2 Å². The monoisotopic (exact) mass is 505 g/mol. The second kappa shape index (κ2) is 9.51. The maximum absolute atomic E-state index is 13.2. The molecular weight excluding hydrogens is 487 g/mol. The Morgan fingerprint density at radius 2 is 1.73 bits per heavy atom. The zero-order valence-electron chi connectivity index (χ0n) is 17.9. The van der Waals surface area contributed by atoms with Crippen molar-refractivity contribution in [3.8, 4) is 5.75 Å². The Morgan fingerprint density at radius 3 is 2.24 bits per heavy atom. The number of anilines is 1. The predicted octanol–water partition coefficient (Wildman–Crippen LogP) is 3.25. The highest BCUT2D eigenvalue weighted by Crippen LogP contribution is 2.35. The van der Waals surface area contributed by atoms with E-state index in [4.69, 9.17) is 40.2 Å². The van der Waals surface area contributed by atoms with Gasteiger partial charge in [0.25, 0.3) is 11.8 Å². The lowest BCUT2D eigenvalue weighted by atomic mass is 9.87. The molecule has 1 aliphatic heterocycles. The number of hydrogen-bond acceptors (Lipinski definition) is 6. The van der Waals surface area contributed by atoms with Gasteiger partial charge in [0.2, 0.25) is 0 Å². The minimum absolute atomic E-state index is 0.00409. The van der Waals surface area contributed by atoms with Gasteiger partial charge in [-0.1, -0.05) is 56.1 Å². The Bertz CT molecular complexity index is 1160. The molecule has 172 valence electrons. The van der Waals surface area contributed by atoms with Crippen LogP contribution in [0.3, 0.4) is 0 Å². The highest BCUT2D eigenvalue weighted by Gasteiger charge is 2.34. The topological polar surface area (TPSA) is 98.8 Å². The molecule has 3 rings (SSSR count). The first-order chi connectivity index (χ1) is 15.4. The summed E-state index contributed by atoms with van der Waals surface area (Å²) in [6.45, 7) is 5.49. The van der Waals surface area contributed by atoms with Crippen LogP contribution in [0.1, 0.15) is 31.9 Å². The Kier molecular flexibility index (Phi) is 7.11. The van der Waals surface area contributed by atoms with Gasteiger partial charge in [0, 0.05) is 0 Å². The van der Waals surface area contributed by atoms with Crippen molar-refractivity contribution in [2.75, 3.05) is 11.5 Å². The number of nitrogens with zero attached hydrogens (tertiary/aromatic N) is 1. The molecule has 2 aromatic rings. The van der Waals surface area contributed by atoms with Crippen LogP contribution in [0.5, 0.6) is 5.75 Å². The van der Waals surface area contributed by atoms with E-state index in [0.717, 1.165) is 5.56 Å². The summed E-state index contributed by atoms with van der Waals surface area (Å²) >= 11 is 17.5. The number of carboxylic acid groups (broad SMARTS) is 1. The first-order valence-corrected chi connectivity index (χ1v) is 10.9. The number of carboxylic acids is 1. The summed E-state index contributed by atoms with van der Waals surface area (Å²) in [5.41, 5.74) is 1.66. The molecule has 2 amide bonds. The third-order valence-corrected chi connectivity index (χ3v) is 5.61. The lowest BCUT2D eigenvalue weighted by Gasteiger charge is -2.29. The molecule has 0 radical (unpaired) electrons. The predicted molar refractivity (Wildman–Crippen MR) is 128 cm³/mol. The molecule has 1 heterocycles. The zero-order valence-corrected chi connectivity index (χ0v) is 20.2. The van der Waals surface area contributed by atoms with Crippen LogP contribution in [0.4, 0.5) is 5.69 Å². The summed E-state index contributed by atoms with van der Waals surface area (Å²) in [6.07, 6.45) is 1.32. The highest BCUT2D eigenvalue weighted by atomic mass is 35.5. The molecule has 10 heteroatoms. The number of halogens is 2. The van der Waals surface area contributed by atoms with Gasteiger partial charge in [0.05, 0.1) is 21.7 Å². The average molecular weight is 506 g/mol. The van der Waals surface area contributed by atoms with E-state index in [0.29, 0.717) is 11.3 Å². The van der Waals surface area contributed by atoms with Crippen LogP contribution in [0.15, 0.2) is 42.0 Å². The molecule has 1 aliphatic rings. The number of carbonyl (C=O) groups is 3. The molecular formula is C23H19Cl2N2O5S-. The van der Waals surface area contributed by atoms with Crippen molar-refractivity contribution in [1.29, 1.82) is 0 Å². The van der Waals surface area contributed by atoms with Crippen LogP contribution in [-0.2, 0) is 19.8 Å². The maximum Gasteiger partial charge on any atom is 0.270 e. The van der Waals surface area contributed by atoms with E-state index in [2.05, 4.69) is 26.1 Å². The standard InChI is InChI=1S/C23H20Cl2N2O5S/c1-23(2,3)13-4-6-14(7-5-13)27-21(31)15(20(30)26-22(27)33)8-12-9-16(24)19(17(25)10-12)32-11-18(28)29/h4-10H,11H2,1-3H3,(H,28,29)(H,26,30,33)/p-1/b15-8-. The van der Waals surface area contributed by atoms with E-state index in [1.807, 2.05) is 12.1 Å². The number of thiocarbonyl (C=S) groups is 1. The molecule has 1 saturated heterocycles. The molecule has 0 saturated carbocycles. The fraction of sp³-hybridized carbons (Fsp3) is 0.217. The van der Waals surface area contributed by atoms with Gasteiger partial charge in [-0.25, -0.2) is 0 Å². The van der Waals surface area contributed by atoms with Gasteiger partial charge in [0.1, 0.15) is 12.2 Å². The molecule has 33 heavy (non-hydrogen) atoms. The molecule has 2 aromatic carbocycles. The Balaban J connectivity index is 1.95. The zero-order chi connectivity index (χ0) is 24.5. The maximum atomic E-state index is 13.2. The lowest BCUT2D eigenvalue weighted by molar-refractivity contribution is -0.307. The minimum Gasteiger partial charge on any atom is -0.546 e. The van der Waals surface area contributed by atoms with Crippen LogP contribution in [0, 0.1) is 0 Å². The van der Waals surface area contributed by atoms with E-state index in [1.165, 1.54) is 23.1 Å². The first kappa shape index (κ1) is 24.7. The fourth-order valence-corrected chi connectivity index (χ4v) is 3.99. The van der Waals surface area contributed by atoms with Crippen molar-refractivity contribution in [3.05, 3.63) is 63.1 Å². The summed E-state index contributed by atoms with van der Waals surface area (Å²) in [4.78, 5) is 37.6. The minimum atomic E-state index is -1.44. The molecule has 0 bridgehead atoms. The average Bonchev–Trinajstić information content (AvgIpc) is 2.70. The highest BCUT2D eigenvalue weighted by molar-refractivity contribution is 7.80. The largest absolute Gasteiger partial charge is 0.546 e. The van der Waals surface area contributed by atoms with E-state index in [9.17, 15) is 19.5 Å². The molecule has 0 spiro atoms. The number of rotatable bonds is 5. The van der Waals surface area contributed by atoms with Gasteiger partial charge in [0.15, 0.2) is 10.9 Å². The summed E-state index contributed by atoms with van der Waals surface area (Å²) in [7, 11) is 0. The third-order valence-electron chi connectivity index (χ3n) is 4.76. The summed E-state index contributed by atoms with van der Waals surface area (Å²) in [5, 5.41) is 13.1. The van der Waals surface area contributed by atoms with E-state index < -0.39 is 24.4 Å². The van der Waals surface area contributed by atoms with Gasteiger partial charge in [-0.3, -0.25) is 19.8 Å². The molecule has 0 unspecified atom stereocenters. The van der Waals surface area contributed by atoms with Crippen molar-refractivity contribution >= 4 is 70.1 Å². The van der Waals surface area contributed by atoms with Gasteiger partial charge >= 0.3 is 0 Å². The van der Waals surface area contributed by atoms with Crippen molar-refractivity contribution < 1.29 is 24.2 Å². The van der Waals surface area contributed by atoms with Crippen molar-refractivity contribution in [3.63, 3.8) is 0 Å². The number of ether oxygens (including phenoxy) is 1. The number of carbonyl (C=O) groups excluding carboxylic acids is 3. The molecule has 0 aliphatic carbocycles.